The molecule has 1 rings (SSSR count). The third kappa shape index (κ3) is 5.06. The van der Waals surface area contributed by atoms with Crippen molar-refractivity contribution in [1.82, 2.24) is 10.3 Å². The van der Waals surface area contributed by atoms with Crippen LogP contribution in [0.15, 0.2) is 0 Å². The Morgan fingerprint density at radius 2 is 2.00 bits per heavy atom. The van der Waals surface area contributed by atoms with Crippen LogP contribution in [0.1, 0.15) is 58.0 Å². The number of hydrogen-bond donors (Lipinski definition) is 1. The first-order chi connectivity index (χ1) is 9.65. The number of aromatic nitrogens is 1. The van der Waals surface area contributed by atoms with Crippen molar-refractivity contribution in [2.75, 3.05) is 24.5 Å². The summed E-state index contributed by atoms with van der Waals surface area (Å²) >= 11 is 1.88. The highest BCUT2D eigenvalue weighted by Crippen LogP contribution is 2.28. The number of aryl methyl sites for hydroxylation is 1. The van der Waals surface area contributed by atoms with E-state index in [4.69, 9.17) is 4.98 Å². The minimum Gasteiger partial charge on any atom is -0.348 e. The van der Waals surface area contributed by atoms with E-state index in [2.05, 4.69) is 44.8 Å². The SMILES string of the molecule is CCCc1nc(N(CC)CC(C)CC)sc1CNCC. The van der Waals surface area contributed by atoms with Gasteiger partial charge < -0.3 is 10.2 Å². The van der Waals surface area contributed by atoms with Crippen molar-refractivity contribution in [1.29, 1.82) is 0 Å². The Morgan fingerprint density at radius 1 is 1.25 bits per heavy atom. The molecule has 0 saturated heterocycles. The number of nitrogens with zero attached hydrogens (tertiary/aromatic N) is 2. The second kappa shape index (κ2) is 9.35. The number of hydrogen-bond acceptors (Lipinski definition) is 4. The Labute approximate surface area is 128 Å². The van der Waals surface area contributed by atoms with Crippen molar-refractivity contribution in [3.05, 3.63) is 10.6 Å². The summed E-state index contributed by atoms with van der Waals surface area (Å²) in [5.74, 6) is 0.727. The molecule has 1 atom stereocenters. The van der Waals surface area contributed by atoms with Gasteiger partial charge >= 0.3 is 0 Å². The molecule has 0 radical (unpaired) electrons. The lowest BCUT2D eigenvalue weighted by Gasteiger charge is -2.23. The minimum absolute atomic E-state index is 0.727. The summed E-state index contributed by atoms with van der Waals surface area (Å²) in [6.07, 6.45) is 3.49. The minimum atomic E-state index is 0.727. The van der Waals surface area contributed by atoms with Gasteiger partial charge in [0, 0.05) is 24.5 Å². The van der Waals surface area contributed by atoms with Crippen LogP contribution in [-0.2, 0) is 13.0 Å². The zero-order valence-electron chi connectivity index (χ0n) is 13.8. The molecular formula is C16H31N3S. The molecule has 116 valence electrons. The molecule has 3 nitrogen and oxygen atoms in total. The van der Waals surface area contributed by atoms with Gasteiger partial charge in [-0.3, -0.25) is 0 Å². The van der Waals surface area contributed by atoms with E-state index in [1.165, 1.54) is 28.5 Å². The molecule has 0 aromatic carbocycles. The van der Waals surface area contributed by atoms with Gasteiger partial charge in [0.1, 0.15) is 0 Å². The van der Waals surface area contributed by atoms with Crippen LogP contribution in [0.4, 0.5) is 5.13 Å². The number of nitrogens with one attached hydrogen (secondary N) is 1. The fourth-order valence-corrected chi connectivity index (χ4v) is 3.31. The van der Waals surface area contributed by atoms with Crippen molar-refractivity contribution in [3.8, 4) is 0 Å². The highest BCUT2D eigenvalue weighted by Gasteiger charge is 2.16. The van der Waals surface area contributed by atoms with Gasteiger partial charge in [0.25, 0.3) is 0 Å². The van der Waals surface area contributed by atoms with E-state index in [1.54, 1.807) is 0 Å². The molecule has 0 aliphatic carbocycles. The maximum Gasteiger partial charge on any atom is 0.185 e. The van der Waals surface area contributed by atoms with Gasteiger partial charge in [-0.15, -0.1) is 11.3 Å². The maximum absolute atomic E-state index is 4.92. The number of thiazole rings is 1. The predicted molar refractivity (Wildman–Crippen MR) is 90.8 cm³/mol. The molecule has 0 saturated carbocycles. The molecule has 0 aliphatic heterocycles. The van der Waals surface area contributed by atoms with Gasteiger partial charge in [-0.05, 0) is 25.8 Å². The average molecular weight is 298 g/mol. The second-order valence-electron chi connectivity index (χ2n) is 5.45. The molecule has 4 heteroatoms. The van der Waals surface area contributed by atoms with Crippen LogP contribution < -0.4 is 10.2 Å². The van der Waals surface area contributed by atoms with Crippen molar-refractivity contribution < 1.29 is 0 Å². The van der Waals surface area contributed by atoms with Crippen LogP contribution in [0.3, 0.4) is 0 Å². The summed E-state index contributed by atoms with van der Waals surface area (Å²) in [4.78, 5) is 8.78. The lowest BCUT2D eigenvalue weighted by molar-refractivity contribution is 0.547. The topological polar surface area (TPSA) is 28.2 Å². The first-order valence-corrected chi connectivity index (χ1v) is 8.91. The molecule has 0 spiro atoms. The van der Waals surface area contributed by atoms with Crippen LogP contribution in [0, 0.1) is 5.92 Å². The van der Waals surface area contributed by atoms with E-state index >= 15 is 0 Å². The van der Waals surface area contributed by atoms with Crippen LogP contribution in [0.5, 0.6) is 0 Å². The standard InChI is InChI=1S/C16H31N3S/c1-6-10-14-15(11-17-8-3)20-16(18-14)19(9-4)12-13(5)7-2/h13,17H,6-12H2,1-5H3. The zero-order valence-corrected chi connectivity index (χ0v) is 14.6. The molecule has 1 unspecified atom stereocenters. The van der Waals surface area contributed by atoms with Gasteiger partial charge in [0.2, 0.25) is 0 Å². The Hall–Kier alpha value is -0.610. The summed E-state index contributed by atoms with van der Waals surface area (Å²) in [6.45, 7) is 15.3. The van der Waals surface area contributed by atoms with E-state index in [-0.39, 0.29) is 0 Å². The Morgan fingerprint density at radius 3 is 2.55 bits per heavy atom. The largest absolute Gasteiger partial charge is 0.348 e. The Balaban J connectivity index is 2.86. The molecule has 1 N–H and O–H groups in total. The van der Waals surface area contributed by atoms with Crippen molar-refractivity contribution in [3.63, 3.8) is 0 Å². The van der Waals surface area contributed by atoms with Gasteiger partial charge in [-0.2, -0.15) is 0 Å². The van der Waals surface area contributed by atoms with Gasteiger partial charge in [-0.1, -0.05) is 40.5 Å². The molecule has 0 aliphatic rings. The van der Waals surface area contributed by atoms with Crippen molar-refractivity contribution in [2.24, 2.45) is 5.92 Å². The Kier molecular flexibility index (Phi) is 8.15. The summed E-state index contributed by atoms with van der Waals surface area (Å²) in [5.41, 5.74) is 1.30. The monoisotopic (exact) mass is 297 g/mol. The fourth-order valence-electron chi connectivity index (χ4n) is 2.16. The number of rotatable bonds is 10. The molecule has 0 fully saturated rings. The predicted octanol–water partition coefficient (Wildman–Crippen LogP) is 4.08. The molecule has 1 aromatic heterocycles. The quantitative estimate of drug-likeness (QED) is 0.705. The summed E-state index contributed by atoms with van der Waals surface area (Å²) in [7, 11) is 0. The van der Waals surface area contributed by atoms with E-state index in [0.717, 1.165) is 38.5 Å². The lowest BCUT2D eigenvalue weighted by Crippen LogP contribution is -2.27. The molecule has 0 amide bonds. The molecule has 1 heterocycles. The third-order valence-electron chi connectivity index (χ3n) is 3.67. The maximum atomic E-state index is 4.92. The van der Waals surface area contributed by atoms with Crippen LogP contribution >= 0.6 is 11.3 Å². The smallest absolute Gasteiger partial charge is 0.185 e. The molecular weight excluding hydrogens is 266 g/mol. The van der Waals surface area contributed by atoms with E-state index in [1.807, 2.05) is 11.3 Å². The van der Waals surface area contributed by atoms with E-state index in [0.29, 0.717) is 0 Å². The van der Waals surface area contributed by atoms with E-state index < -0.39 is 0 Å². The summed E-state index contributed by atoms with van der Waals surface area (Å²) < 4.78 is 0. The molecule has 20 heavy (non-hydrogen) atoms. The normalized spacial score (nSPS) is 12.7. The van der Waals surface area contributed by atoms with E-state index in [9.17, 15) is 0 Å². The Bertz CT molecular complexity index is 376. The third-order valence-corrected chi connectivity index (χ3v) is 4.83. The lowest BCUT2D eigenvalue weighted by atomic mass is 10.1. The molecule has 0 bridgehead atoms. The van der Waals surface area contributed by atoms with Crippen LogP contribution in [0.25, 0.3) is 0 Å². The fraction of sp³-hybridized carbons (Fsp3) is 0.812. The zero-order chi connectivity index (χ0) is 15.0. The van der Waals surface area contributed by atoms with Gasteiger partial charge in [0.15, 0.2) is 5.13 Å². The number of anilines is 1. The van der Waals surface area contributed by atoms with Crippen LogP contribution in [-0.4, -0.2) is 24.6 Å². The highest BCUT2D eigenvalue weighted by atomic mass is 32.1. The highest BCUT2D eigenvalue weighted by molar-refractivity contribution is 7.15. The molecule has 1 aromatic rings. The van der Waals surface area contributed by atoms with Crippen molar-refractivity contribution >= 4 is 16.5 Å². The van der Waals surface area contributed by atoms with Gasteiger partial charge in [-0.25, -0.2) is 4.98 Å². The summed E-state index contributed by atoms with van der Waals surface area (Å²) in [5, 5.41) is 4.65. The first kappa shape index (κ1) is 17.4. The summed E-state index contributed by atoms with van der Waals surface area (Å²) in [6, 6.07) is 0. The second-order valence-corrected chi connectivity index (χ2v) is 6.51. The first-order valence-electron chi connectivity index (χ1n) is 8.10. The van der Waals surface area contributed by atoms with Gasteiger partial charge in [0.05, 0.1) is 5.69 Å². The van der Waals surface area contributed by atoms with Crippen molar-refractivity contribution in [2.45, 2.75) is 60.4 Å². The average Bonchev–Trinajstić information content (AvgIpc) is 2.85. The van der Waals surface area contributed by atoms with Crippen LogP contribution in [0.2, 0.25) is 0 Å².